The van der Waals surface area contributed by atoms with E-state index in [0.29, 0.717) is 34.6 Å². The molecular weight excluding hydrogens is 390 g/mol. The minimum Gasteiger partial charge on any atom is -0.367 e. The van der Waals surface area contributed by atoms with Gasteiger partial charge in [0.15, 0.2) is 17.3 Å². The van der Waals surface area contributed by atoms with Crippen molar-refractivity contribution in [2.75, 3.05) is 10.6 Å². The topological polar surface area (TPSA) is 83.4 Å². The fraction of sp³-hybridized carbons (Fsp3) is 0.190. The minimum absolute atomic E-state index is 0.0115. The quantitative estimate of drug-likeness (QED) is 0.599. The second-order valence-electron chi connectivity index (χ2n) is 7.38. The van der Waals surface area contributed by atoms with E-state index >= 15 is 0 Å². The number of aromatic nitrogens is 3. The summed E-state index contributed by atoms with van der Waals surface area (Å²) in [5.41, 5.74) is 2.49. The number of carbonyl (C=O) groups excluding carboxylic acids is 1. The van der Waals surface area contributed by atoms with E-state index in [0.717, 1.165) is 24.5 Å². The molecule has 7 nitrogen and oxygen atoms in total. The third-order valence-corrected chi connectivity index (χ3v) is 5.00. The number of halogens is 2. The van der Waals surface area contributed by atoms with Crippen molar-refractivity contribution in [1.29, 1.82) is 0 Å². The molecule has 5 rings (SSSR count). The van der Waals surface area contributed by atoms with Crippen LogP contribution in [0.15, 0.2) is 48.3 Å². The van der Waals surface area contributed by atoms with Crippen molar-refractivity contribution in [3.63, 3.8) is 0 Å². The number of hydrogen-bond acceptors (Lipinski definition) is 5. The number of fused-ring (bicyclic) bond motifs is 1. The first kappa shape index (κ1) is 18.3. The van der Waals surface area contributed by atoms with Gasteiger partial charge in [0, 0.05) is 23.4 Å². The summed E-state index contributed by atoms with van der Waals surface area (Å²) in [5, 5.41) is 13.3. The number of anilines is 3. The van der Waals surface area contributed by atoms with Crippen LogP contribution in [0.5, 0.6) is 0 Å². The van der Waals surface area contributed by atoms with Crippen LogP contribution in [0.25, 0.3) is 11.7 Å². The zero-order valence-electron chi connectivity index (χ0n) is 15.9. The molecule has 1 amide bonds. The van der Waals surface area contributed by atoms with Gasteiger partial charge in [-0.05, 0) is 36.6 Å². The summed E-state index contributed by atoms with van der Waals surface area (Å²) in [6.45, 7) is 3.85. The molecule has 1 aliphatic carbocycles. The Labute approximate surface area is 170 Å². The Morgan fingerprint density at radius 3 is 2.87 bits per heavy atom. The van der Waals surface area contributed by atoms with E-state index in [1.807, 2.05) is 6.08 Å². The van der Waals surface area contributed by atoms with Gasteiger partial charge in [0.2, 0.25) is 5.91 Å². The van der Waals surface area contributed by atoms with E-state index in [-0.39, 0.29) is 18.0 Å². The van der Waals surface area contributed by atoms with Crippen molar-refractivity contribution in [3.8, 4) is 0 Å². The minimum atomic E-state index is -0.974. The second kappa shape index (κ2) is 6.94. The van der Waals surface area contributed by atoms with Gasteiger partial charge in [-0.1, -0.05) is 12.6 Å². The van der Waals surface area contributed by atoms with Crippen LogP contribution >= 0.6 is 0 Å². The molecule has 1 aromatic carbocycles. The van der Waals surface area contributed by atoms with Gasteiger partial charge in [-0.25, -0.2) is 13.8 Å². The van der Waals surface area contributed by atoms with E-state index in [2.05, 4.69) is 32.6 Å². The number of hydrogen-bond donors (Lipinski definition) is 3. The standard InChI is InChI=1S/C21H18F2N6O/c1-11-12(8-19(30)25-11)7-13-10-24-29-18(26-14-5-6-14)9-17(28-21(13)29)27-16-4-2-3-15(22)20(16)23/h2-4,7,9-10,14,26H,1,5-6,8H2,(H,25,30)(H,27,28)/b12-7+. The number of benzene rings is 1. The summed E-state index contributed by atoms with van der Waals surface area (Å²) in [7, 11) is 0. The fourth-order valence-electron chi connectivity index (χ4n) is 3.32. The van der Waals surface area contributed by atoms with Gasteiger partial charge in [0.25, 0.3) is 0 Å². The van der Waals surface area contributed by atoms with Crippen LogP contribution in [0.1, 0.15) is 24.8 Å². The summed E-state index contributed by atoms with van der Waals surface area (Å²) >= 11 is 0. The van der Waals surface area contributed by atoms with Gasteiger partial charge >= 0.3 is 0 Å². The van der Waals surface area contributed by atoms with Crippen molar-refractivity contribution in [3.05, 3.63) is 65.5 Å². The highest BCUT2D eigenvalue weighted by molar-refractivity contribution is 5.89. The number of allylic oxidation sites excluding steroid dienone is 1. The summed E-state index contributed by atoms with van der Waals surface area (Å²) in [6, 6.07) is 5.98. The molecule has 30 heavy (non-hydrogen) atoms. The summed E-state index contributed by atoms with van der Waals surface area (Å²) < 4.78 is 29.4. The normalized spacial score (nSPS) is 17.6. The van der Waals surface area contributed by atoms with Crippen LogP contribution < -0.4 is 16.0 Å². The molecule has 0 spiro atoms. The molecule has 1 saturated carbocycles. The molecule has 9 heteroatoms. The van der Waals surface area contributed by atoms with Crippen LogP contribution in [-0.2, 0) is 4.79 Å². The lowest BCUT2D eigenvalue weighted by atomic mass is 10.1. The largest absolute Gasteiger partial charge is 0.367 e. The number of nitrogens with one attached hydrogen (secondary N) is 3. The Hall–Kier alpha value is -3.75. The maximum absolute atomic E-state index is 14.1. The lowest BCUT2D eigenvalue weighted by Crippen LogP contribution is -2.10. The molecular formula is C21H18F2N6O. The van der Waals surface area contributed by atoms with Crippen LogP contribution in [0.4, 0.5) is 26.1 Å². The maximum atomic E-state index is 14.1. The molecule has 3 heterocycles. The smallest absolute Gasteiger partial charge is 0.228 e. The third kappa shape index (κ3) is 3.38. The summed E-state index contributed by atoms with van der Waals surface area (Å²) in [6.07, 6.45) is 5.79. The molecule has 152 valence electrons. The van der Waals surface area contributed by atoms with E-state index in [1.165, 1.54) is 12.1 Å². The van der Waals surface area contributed by atoms with Crippen molar-refractivity contribution in [1.82, 2.24) is 19.9 Å². The average Bonchev–Trinajstić information content (AvgIpc) is 3.34. The van der Waals surface area contributed by atoms with Crippen molar-refractivity contribution >= 4 is 35.0 Å². The van der Waals surface area contributed by atoms with Gasteiger partial charge < -0.3 is 16.0 Å². The lowest BCUT2D eigenvalue weighted by molar-refractivity contribution is -0.118. The molecule has 2 aromatic heterocycles. The molecule has 2 fully saturated rings. The number of rotatable bonds is 5. The van der Waals surface area contributed by atoms with Crippen molar-refractivity contribution in [2.45, 2.75) is 25.3 Å². The zero-order valence-corrected chi connectivity index (χ0v) is 15.9. The van der Waals surface area contributed by atoms with Gasteiger partial charge in [-0.2, -0.15) is 9.61 Å². The first-order chi connectivity index (χ1) is 14.5. The van der Waals surface area contributed by atoms with Crippen LogP contribution in [0, 0.1) is 11.6 Å². The molecule has 2 aliphatic rings. The molecule has 3 aromatic rings. The molecule has 0 atom stereocenters. The first-order valence-electron chi connectivity index (χ1n) is 9.54. The highest BCUT2D eigenvalue weighted by Crippen LogP contribution is 2.30. The van der Waals surface area contributed by atoms with Crippen molar-refractivity contribution < 1.29 is 13.6 Å². The van der Waals surface area contributed by atoms with E-state index < -0.39 is 11.6 Å². The highest BCUT2D eigenvalue weighted by atomic mass is 19.2. The summed E-state index contributed by atoms with van der Waals surface area (Å²) in [5.74, 6) is -1.00. The Bertz CT molecular complexity index is 1230. The van der Waals surface area contributed by atoms with Crippen LogP contribution in [-0.4, -0.2) is 26.5 Å². The maximum Gasteiger partial charge on any atom is 0.228 e. The Kier molecular flexibility index (Phi) is 4.23. The Balaban J connectivity index is 1.59. The molecule has 0 bridgehead atoms. The van der Waals surface area contributed by atoms with Crippen LogP contribution in [0.3, 0.4) is 0 Å². The summed E-state index contributed by atoms with van der Waals surface area (Å²) in [4.78, 5) is 16.2. The monoisotopic (exact) mass is 408 g/mol. The Morgan fingerprint density at radius 1 is 1.30 bits per heavy atom. The van der Waals surface area contributed by atoms with Gasteiger partial charge in [0.1, 0.15) is 11.6 Å². The Morgan fingerprint density at radius 2 is 2.13 bits per heavy atom. The van der Waals surface area contributed by atoms with E-state index in [1.54, 1.807) is 16.8 Å². The highest BCUT2D eigenvalue weighted by Gasteiger charge is 2.24. The van der Waals surface area contributed by atoms with Crippen molar-refractivity contribution in [2.24, 2.45) is 0 Å². The van der Waals surface area contributed by atoms with E-state index in [4.69, 9.17) is 0 Å². The fourth-order valence-corrected chi connectivity index (χ4v) is 3.32. The molecule has 0 unspecified atom stereocenters. The second-order valence-corrected chi connectivity index (χ2v) is 7.38. The number of amides is 1. The predicted molar refractivity (Wildman–Crippen MR) is 109 cm³/mol. The van der Waals surface area contributed by atoms with Crippen LogP contribution in [0.2, 0.25) is 0 Å². The molecule has 1 saturated heterocycles. The molecule has 3 N–H and O–H groups in total. The molecule has 1 aliphatic heterocycles. The average molecular weight is 408 g/mol. The number of nitrogens with zero attached hydrogens (tertiary/aromatic N) is 3. The predicted octanol–water partition coefficient (Wildman–Crippen LogP) is 3.74. The zero-order chi connectivity index (χ0) is 20.8. The SMILES string of the molecule is C=C1NC(=O)C/C1=C\c1cnn2c(NC3CC3)cc(Nc3cccc(F)c3F)nc12. The molecule has 0 radical (unpaired) electrons. The van der Waals surface area contributed by atoms with Gasteiger partial charge in [-0.3, -0.25) is 4.79 Å². The third-order valence-electron chi connectivity index (χ3n) is 5.00. The van der Waals surface area contributed by atoms with Gasteiger partial charge in [0.05, 0.1) is 18.3 Å². The van der Waals surface area contributed by atoms with E-state index in [9.17, 15) is 13.6 Å². The first-order valence-corrected chi connectivity index (χ1v) is 9.54. The number of carbonyl (C=O) groups is 1. The lowest BCUT2D eigenvalue weighted by Gasteiger charge is -2.12. The van der Waals surface area contributed by atoms with Gasteiger partial charge in [-0.15, -0.1) is 0 Å².